The summed E-state index contributed by atoms with van der Waals surface area (Å²) in [6.07, 6.45) is 3.68. The van der Waals surface area contributed by atoms with Gasteiger partial charge in [-0.05, 0) is 46.7 Å². The van der Waals surface area contributed by atoms with Gasteiger partial charge in [0.1, 0.15) is 5.82 Å². The van der Waals surface area contributed by atoms with Crippen molar-refractivity contribution in [1.82, 2.24) is 20.1 Å². The molecule has 0 aliphatic carbocycles. The van der Waals surface area contributed by atoms with Crippen LogP contribution in [0.15, 0.2) is 21.1 Å². The number of carbonyl (C=O) groups is 1. The number of nitrogens with zero attached hydrogens (tertiary/aromatic N) is 3. The van der Waals surface area contributed by atoms with Crippen LogP contribution in [-0.2, 0) is 13.0 Å². The summed E-state index contributed by atoms with van der Waals surface area (Å²) < 4.78 is 3.15. The fraction of sp³-hybridized carbons (Fsp3) is 0.533. The number of hydrogen-bond acceptors (Lipinski definition) is 5. The number of amides is 1. The minimum Gasteiger partial charge on any atom is -0.351 e. The molecule has 0 spiro atoms. The molecule has 2 rings (SSSR count). The third-order valence-corrected chi connectivity index (χ3v) is 5.47. The van der Waals surface area contributed by atoms with Gasteiger partial charge in [-0.3, -0.25) is 4.79 Å². The average molecular weight is 417 g/mol. The van der Waals surface area contributed by atoms with E-state index in [0.29, 0.717) is 12.5 Å². The van der Waals surface area contributed by atoms with E-state index in [1.165, 1.54) is 11.3 Å². The number of aryl methyl sites for hydroxylation is 1. The molecule has 5 nitrogen and oxygen atoms in total. The Morgan fingerprint density at radius 2 is 2.22 bits per heavy atom. The molecule has 0 unspecified atom stereocenters. The van der Waals surface area contributed by atoms with Crippen LogP contribution in [-0.4, -0.2) is 33.5 Å². The molecule has 1 N–H and O–H groups in total. The second-order valence-corrected chi connectivity index (χ2v) is 8.81. The van der Waals surface area contributed by atoms with Crippen molar-refractivity contribution >= 4 is 44.9 Å². The fourth-order valence-corrected chi connectivity index (χ4v) is 4.00. The first-order valence-corrected chi connectivity index (χ1v) is 10.3. The SMILES string of the molecule is CSc1nnc(CCCNC(=O)c2ccc(Br)s2)n1CC(C)C. The van der Waals surface area contributed by atoms with Gasteiger partial charge in [-0.2, -0.15) is 0 Å². The Hall–Kier alpha value is -0.860. The molecule has 2 aromatic rings. The van der Waals surface area contributed by atoms with Gasteiger partial charge in [0, 0.05) is 19.5 Å². The first-order chi connectivity index (χ1) is 11.0. The molecule has 0 bridgehead atoms. The number of hydrogen-bond donors (Lipinski definition) is 1. The van der Waals surface area contributed by atoms with E-state index in [1.54, 1.807) is 11.8 Å². The molecular formula is C15H21BrN4OS2. The Kier molecular flexibility index (Phi) is 7.10. The van der Waals surface area contributed by atoms with Crippen LogP contribution in [0.25, 0.3) is 0 Å². The summed E-state index contributed by atoms with van der Waals surface area (Å²) in [5, 5.41) is 12.4. The number of halogens is 1. The van der Waals surface area contributed by atoms with Crippen LogP contribution in [0, 0.1) is 5.92 Å². The van der Waals surface area contributed by atoms with Crippen LogP contribution in [0.3, 0.4) is 0 Å². The molecule has 1 amide bonds. The van der Waals surface area contributed by atoms with Crippen LogP contribution < -0.4 is 5.32 Å². The summed E-state index contributed by atoms with van der Waals surface area (Å²) in [6, 6.07) is 3.71. The number of rotatable bonds is 8. The van der Waals surface area contributed by atoms with Gasteiger partial charge < -0.3 is 9.88 Å². The van der Waals surface area contributed by atoms with Crippen molar-refractivity contribution in [2.24, 2.45) is 5.92 Å². The highest BCUT2D eigenvalue weighted by molar-refractivity contribution is 9.11. The summed E-state index contributed by atoms with van der Waals surface area (Å²) in [5.74, 6) is 1.53. The molecular weight excluding hydrogens is 396 g/mol. The summed E-state index contributed by atoms with van der Waals surface area (Å²) in [4.78, 5) is 12.7. The predicted molar refractivity (Wildman–Crippen MR) is 99.3 cm³/mol. The van der Waals surface area contributed by atoms with Crippen LogP contribution in [0.1, 0.15) is 35.8 Å². The maximum absolute atomic E-state index is 12.0. The number of aromatic nitrogens is 3. The smallest absolute Gasteiger partial charge is 0.261 e. The van der Waals surface area contributed by atoms with Gasteiger partial charge in [0.15, 0.2) is 5.16 Å². The molecule has 0 aromatic carbocycles. The third-order valence-electron chi connectivity index (χ3n) is 3.18. The van der Waals surface area contributed by atoms with Crippen molar-refractivity contribution < 1.29 is 4.79 Å². The van der Waals surface area contributed by atoms with Gasteiger partial charge in [-0.25, -0.2) is 0 Å². The molecule has 2 heterocycles. The van der Waals surface area contributed by atoms with E-state index < -0.39 is 0 Å². The van der Waals surface area contributed by atoms with Gasteiger partial charge in [0.05, 0.1) is 8.66 Å². The summed E-state index contributed by atoms with van der Waals surface area (Å²) in [7, 11) is 0. The number of carbonyl (C=O) groups excluding carboxylic acids is 1. The molecule has 126 valence electrons. The van der Waals surface area contributed by atoms with Crippen molar-refractivity contribution in [3.63, 3.8) is 0 Å². The Morgan fingerprint density at radius 1 is 1.43 bits per heavy atom. The maximum atomic E-state index is 12.0. The highest BCUT2D eigenvalue weighted by Gasteiger charge is 2.13. The lowest BCUT2D eigenvalue weighted by Gasteiger charge is -2.11. The molecule has 0 aliphatic heterocycles. The number of thioether (sulfide) groups is 1. The Labute approximate surface area is 153 Å². The van der Waals surface area contributed by atoms with Gasteiger partial charge in [0.2, 0.25) is 0 Å². The number of thiophene rings is 1. The molecule has 0 saturated heterocycles. The lowest BCUT2D eigenvalue weighted by atomic mass is 10.2. The number of nitrogens with one attached hydrogen (secondary N) is 1. The maximum Gasteiger partial charge on any atom is 0.261 e. The topological polar surface area (TPSA) is 59.8 Å². The minimum atomic E-state index is -0.0193. The van der Waals surface area contributed by atoms with Gasteiger partial charge in [0.25, 0.3) is 5.91 Å². The van der Waals surface area contributed by atoms with E-state index in [-0.39, 0.29) is 5.91 Å². The van der Waals surface area contributed by atoms with Crippen LogP contribution in [0.5, 0.6) is 0 Å². The standard InChI is InChI=1S/C15H21BrN4OS2/c1-10(2)9-20-13(18-19-15(20)22-3)5-4-8-17-14(21)11-6-7-12(16)23-11/h6-7,10H,4-5,8-9H2,1-3H3,(H,17,21). The monoisotopic (exact) mass is 416 g/mol. The quantitative estimate of drug-likeness (QED) is 0.524. The molecule has 23 heavy (non-hydrogen) atoms. The zero-order chi connectivity index (χ0) is 16.8. The summed E-state index contributed by atoms with van der Waals surface area (Å²) in [6.45, 7) is 5.94. The predicted octanol–water partition coefficient (Wildman–Crippen LogP) is 3.84. The van der Waals surface area contributed by atoms with E-state index in [4.69, 9.17) is 0 Å². The van der Waals surface area contributed by atoms with Crippen molar-refractivity contribution in [2.45, 2.75) is 38.4 Å². The first-order valence-electron chi connectivity index (χ1n) is 7.51. The summed E-state index contributed by atoms with van der Waals surface area (Å²) in [5.41, 5.74) is 0. The minimum absolute atomic E-state index is 0.0193. The molecule has 8 heteroatoms. The molecule has 0 radical (unpaired) electrons. The Morgan fingerprint density at radius 3 is 2.83 bits per heavy atom. The van der Waals surface area contributed by atoms with E-state index in [0.717, 1.165) is 39.0 Å². The lowest BCUT2D eigenvalue weighted by molar-refractivity contribution is 0.0957. The van der Waals surface area contributed by atoms with Gasteiger partial charge >= 0.3 is 0 Å². The van der Waals surface area contributed by atoms with Gasteiger partial charge in [-0.1, -0.05) is 25.6 Å². The molecule has 0 atom stereocenters. The highest BCUT2D eigenvalue weighted by Crippen LogP contribution is 2.21. The second kappa shape index (κ2) is 8.84. The van der Waals surface area contributed by atoms with E-state index >= 15 is 0 Å². The van der Waals surface area contributed by atoms with Gasteiger partial charge in [-0.15, -0.1) is 21.5 Å². The van der Waals surface area contributed by atoms with Crippen LogP contribution in [0.2, 0.25) is 0 Å². The lowest BCUT2D eigenvalue weighted by Crippen LogP contribution is -2.24. The van der Waals surface area contributed by atoms with E-state index in [1.807, 2.05) is 18.4 Å². The fourth-order valence-electron chi connectivity index (χ4n) is 2.18. The van der Waals surface area contributed by atoms with Crippen molar-refractivity contribution in [1.29, 1.82) is 0 Å². The van der Waals surface area contributed by atoms with Crippen molar-refractivity contribution in [2.75, 3.05) is 12.8 Å². The average Bonchev–Trinajstić information content (AvgIpc) is 3.09. The Bertz CT molecular complexity index is 654. The van der Waals surface area contributed by atoms with E-state index in [9.17, 15) is 4.79 Å². The molecule has 0 aliphatic rings. The first kappa shape index (κ1) is 18.5. The largest absolute Gasteiger partial charge is 0.351 e. The summed E-state index contributed by atoms with van der Waals surface area (Å²) >= 11 is 6.43. The third kappa shape index (κ3) is 5.32. The molecule has 0 fully saturated rings. The van der Waals surface area contributed by atoms with Crippen LogP contribution >= 0.6 is 39.0 Å². The highest BCUT2D eigenvalue weighted by atomic mass is 79.9. The molecule has 2 aromatic heterocycles. The normalized spacial score (nSPS) is 11.2. The van der Waals surface area contributed by atoms with Crippen LogP contribution in [0.4, 0.5) is 0 Å². The second-order valence-electron chi connectivity index (χ2n) is 5.57. The molecule has 0 saturated carbocycles. The Balaban J connectivity index is 1.84. The zero-order valence-electron chi connectivity index (χ0n) is 13.5. The van der Waals surface area contributed by atoms with Crippen molar-refractivity contribution in [3.05, 3.63) is 26.6 Å². The zero-order valence-corrected chi connectivity index (χ0v) is 16.7. The van der Waals surface area contributed by atoms with E-state index in [2.05, 4.69) is 49.9 Å². The van der Waals surface area contributed by atoms with Crippen molar-refractivity contribution in [3.8, 4) is 0 Å².